The number of halogens is 2. The lowest BCUT2D eigenvalue weighted by atomic mass is 10.1. The van der Waals surface area contributed by atoms with E-state index in [1.54, 1.807) is 0 Å². The molecule has 1 saturated heterocycles. The van der Waals surface area contributed by atoms with E-state index in [9.17, 15) is 8.78 Å². The molecular weight excluding hydrogens is 138 g/mol. The van der Waals surface area contributed by atoms with Crippen molar-refractivity contribution in [3.8, 4) is 12.3 Å². The van der Waals surface area contributed by atoms with Gasteiger partial charge in [0, 0.05) is 0 Å². The Morgan fingerprint density at radius 1 is 1.50 bits per heavy atom. The summed E-state index contributed by atoms with van der Waals surface area (Å²) in [6.45, 7) is 1.25. The zero-order valence-corrected chi connectivity index (χ0v) is 5.49. The molecule has 56 valence electrons. The molecule has 1 rings (SSSR count). The Morgan fingerprint density at radius 3 is 2.10 bits per heavy atom. The summed E-state index contributed by atoms with van der Waals surface area (Å²) < 4.78 is 25.1. The van der Waals surface area contributed by atoms with Crippen molar-refractivity contribution in [2.24, 2.45) is 0 Å². The quantitative estimate of drug-likeness (QED) is 0.429. The number of alkyl halides is 2. The van der Waals surface area contributed by atoms with Crippen LogP contribution in [0.3, 0.4) is 0 Å². The lowest BCUT2D eigenvalue weighted by molar-refractivity contribution is 0.198. The SMILES string of the molecule is C#CC(F)C1(C(C)F)NN1. The van der Waals surface area contributed by atoms with Gasteiger partial charge in [-0.1, -0.05) is 5.92 Å². The molecule has 2 unspecified atom stereocenters. The van der Waals surface area contributed by atoms with E-state index in [4.69, 9.17) is 6.42 Å². The number of hydrogen-bond acceptors (Lipinski definition) is 2. The van der Waals surface area contributed by atoms with Crippen LogP contribution in [0, 0.1) is 12.3 Å². The second kappa shape index (κ2) is 2.19. The molecule has 0 saturated carbocycles. The summed E-state index contributed by atoms with van der Waals surface area (Å²) in [6.07, 6.45) is 1.81. The van der Waals surface area contributed by atoms with Gasteiger partial charge in [0.15, 0.2) is 11.8 Å². The third-order valence-corrected chi connectivity index (χ3v) is 1.59. The second-order valence-electron chi connectivity index (χ2n) is 2.26. The second-order valence-corrected chi connectivity index (χ2v) is 2.26. The fourth-order valence-electron chi connectivity index (χ4n) is 0.731. The van der Waals surface area contributed by atoms with E-state index < -0.39 is 18.0 Å². The summed E-state index contributed by atoms with van der Waals surface area (Å²) in [5.74, 6) is 1.82. The van der Waals surface area contributed by atoms with Crippen LogP contribution in [-0.4, -0.2) is 18.0 Å². The monoisotopic (exact) mass is 146 g/mol. The minimum absolute atomic E-state index is 1.25. The van der Waals surface area contributed by atoms with E-state index in [0.29, 0.717) is 0 Å². The normalized spacial score (nSPS) is 26.6. The molecule has 2 N–H and O–H groups in total. The van der Waals surface area contributed by atoms with Crippen LogP contribution in [0.5, 0.6) is 0 Å². The highest BCUT2D eigenvalue weighted by molar-refractivity contribution is 5.16. The predicted octanol–water partition coefficient (Wildman–Crippen LogP) is 0.120. The van der Waals surface area contributed by atoms with Crippen molar-refractivity contribution in [2.45, 2.75) is 24.9 Å². The minimum Gasteiger partial charge on any atom is -0.244 e. The number of nitrogens with one attached hydrogen (secondary N) is 2. The molecule has 4 heteroatoms. The summed E-state index contributed by atoms with van der Waals surface area (Å²) in [7, 11) is 0. The number of rotatable bonds is 2. The lowest BCUT2D eigenvalue weighted by Gasteiger charge is -2.12. The van der Waals surface area contributed by atoms with Crippen LogP contribution < -0.4 is 10.9 Å². The molecule has 1 aliphatic rings. The smallest absolute Gasteiger partial charge is 0.196 e. The van der Waals surface area contributed by atoms with E-state index >= 15 is 0 Å². The maximum Gasteiger partial charge on any atom is 0.196 e. The number of hydrogen-bond donors (Lipinski definition) is 2. The molecule has 1 aliphatic heterocycles. The molecule has 2 atom stereocenters. The van der Waals surface area contributed by atoms with E-state index in [1.807, 2.05) is 5.92 Å². The molecule has 0 bridgehead atoms. The van der Waals surface area contributed by atoms with Crippen molar-refractivity contribution >= 4 is 0 Å². The molecule has 2 nitrogen and oxygen atoms in total. The highest BCUT2D eigenvalue weighted by Gasteiger charge is 2.54. The van der Waals surface area contributed by atoms with Crippen molar-refractivity contribution in [1.82, 2.24) is 10.9 Å². The molecule has 10 heavy (non-hydrogen) atoms. The van der Waals surface area contributed by atoms with Crippen molar-refractivity contribution < 1.29 is 8.78 Å². The number of hydrazine groups is 1. The molecule has 0 aliphatic carbocycles. The maximum absolute atomic E-state index is 12.6. The molecule has 0 aromatic rings. The van der Waals surface area contributed by atoms with Gasteiger partial charge in [0.2, 0.25) is 0 Å². The van der Waals surface area contributed by atoms with Crippen molar-refractivity contribution in [1.29, 1.82) is 0 Å². The first-order valence-corrected chi connectivity index (χ1v) is 2.92. The largest absolute Gasteiger partial charge is 0.244 e. The van der Waals surface area contributed by atoms with Crippen LogP contribution in [0.15, 0.2) is 0 Å². The Hall–Kier alpha value is -0.660. The molecule has 0 amide bonds. The van der Waals surface area contributed by atoms with Gasteiger partial charge in [0.1, 0.15) is 6.17 Å². The first-order chi connectivity index (χ1) is 4.63. The van der Waals surface area contributed by atoms with Crippen molar-refractivity contribution in [3.63, 3.8) is 0 Å². The average molecular weight is 146 g/mol. The van der Waals surface area contributed by atoms with Gasteiger partial charge in [0.05, 0.1) is 0 Å². The standard InChI is InChI=1S/C6H8F2N2/c1-3-5(8)6(4(2)7)9-10-6/h1,4-5,9-10H,2H3. The van der Waals surface area contributed by atoms with Gasteiger partial charge in [-0.3, -0.25) is 0 Å². The number of terminal acetylenes is 1. The zero-order chi connectivity index (χ0) is 7.78. The summed E-state index contributed by atoms with van der Waals surface area (Å²) in [5.41, 5.74) is 3.40. The predicted molar refractivity (Wildman–Crippen MR) is 33.3 cm³/mol. The van der Waals surface area contributed by atoms with Gasteiger partial charge in [-0.2, -0.15) is 0 Å². The Labute approximate surface area is 58.0 Å². The first-order valence-electron chi connectivity index (χ1n) is 2.92. The fraction of sp³-hybridized carbons (Fsp3) is 0.667. The molecule has 0 spiro atoms. The van der Waals surface area contributed by atoms with Gasteiger partial charge in [-0.05, 0) is 6.92 Å². The molecule has 0 radical (unpaired) electrons. The molecule has 0 aromatic carbocycles. The summed E-state index contributed by atoms with van der Waals surface area (Å²) >= 11 is 0. The van der Waals surface area contributed by atoms with Gasteiger partial charge < -0.3 is 0 Å². The van der Waals surface area contributed by atoms with Crippen LogP contribution in [-0.2, 0) is 0 Å². The Kier molecular flexibility index (Phi) is 1.63. The molecular formula is C6H8F2N2. The molecule has 0 aromatic heterocycles. The van der Waals surface area contributed by atoms with Gasteiger partial charge in [-0.25, -0.2) is 19.6 Å². The average Bonchev–Trinajstić information content (AvgIpc) is 2.65. The van der Waals surface area contributed by atoms with Gasteiger partial charge in [-0.15, -0.1) is 6.42 Å². The van der Waals surface area contributed by atoms with E-state index in [2.05, 4.69) is 10.9 Å². The lowest BCUT2D eigenvalue weighted by Crippen LogP contribution is -2.38. The third-order valence-electron chi connectivity index (χ3n) is 1.59. The van der Waals surface area contributed by atoms with Crippen LogP contribution in [0.1, 0.15) is 6.92 Å². The Balaban J connectivity index is 2.62. The van der Waals surface area contributed by atoms with Crippen LogP contribution in [0.25, 0.3) is 0 Å². The summed E-state index contributed by atoms with van der Waals surface area (Å²) in [5, 5.41) is 0. The van der Waals surface area contributed by atoms with Crippen LogP contribution >= 0.6 is 0 Å². The Bertz CT molecular complexity index is 169. The van der Waals surface area contributed by atoms with Crippen molar-refractivity contribution in [2.75, 3.05) is 0 Å². The first kappa shape index (κ1) is 7.45. The van der Waals surface area contributed by atoms with E-state index in [0.717, 1.165) is 0 Å². The fourth-order valence-corrected chi connectivity index (χ4v) is 0.731. The molecule has 1 fully saturated rings. The topological polar surface area (TPSA) is 43.9 Å². The maximum atomic E-state index is 12.6. The van der Waals surface area contributed by atoms with Gasteiger partial charge >= 0.3 is 0 Å². The zero-order valence-electron chi connectivity index (χ0n) is 5.49. The van der Waals surface area contributed by atoms with E-state index in [-0.39, 0.29) is 0 Å². The van der Waals surface area contributed by atoms with Crippen molar-refractivity contribution in [3.05, 3.63) is 0 Å². The highest BCUT2D eigenvalue weighted by Crippen LogP contribution is 2.24. The minimum atomic E-state index is -1.62. The third kappa shape index (κ3) is 0.877. The highest BCUT2D eigenvalue weighted by atomic mass is 19.1. The molecule has 1 heterocycles. The Morgan fingerprint density at radius 2 is 2.00 bits per heavy atom. The van der Waals surface area contributed by atoms with E-state index in [1.165, 1.54) is 6.92 Å². The van der Waals surface area contributed by atoms with Crippen LogP contribution in [0.4, 0.5) is 8.78 Å². The summed E-state index contributed by atoms with van der Waals surface area (Å²) in [6, 6.07) is 0. The van der Waals surface area contributed by atoms with Gasteiger partial charge in [0.25, 0.3) is 0 Å². The summed E-state index contributed by atoms with van der Waals surface area (Å²) in [4.78, 5) is 0. The van der Waals surface area contributed by atoms with Crippen LogP contribution in [0.2, 0.25) is 0 Å².